The Hall–Kier alpha value is -1.71. The van der Waals surface area contributed by atoms with Crippen LogP contribution in [0.2, 0.25) is 0 Å². The largest absolute Gasteiger partial charge is 0.397 e. The van der Waals surface area contributed by atoms with Crippen molar-refractivity contribution in [1.29, 1.82) is 0 Å². The number of carbonyl (C=O) groups excluding carboxylic acids is 1. The molecule has 4 N–H and O–H groups in total. The molecule has 0 aliphatic carbocycles. The van der Waals surface area contributed by atoms with Crippen LogP contribution in [-0.4, -0.2) is 18.0 Å². The van der Waals surface area contributed by atoms with E-state index in [1.54, 1.807) is 0 Å². The molecule has 0 fully saturated rings. The Morgan fingerprint density at radius 3 is 2.56 bits per heavy atom. The average Bonchev–Trinajstić information content (AvgIpc) is 2.19. The van der Waals surface area contributed by atoms with E-state index in [2.05, 4.69) is 10.6 Å². The molecule has 0 heterocycles. The Kier molecular flexibility index (Phi) is 4.59. The molecular weight excluding hydrogens is 226 g/mol. The lowest BCUT2D eigenvalue weighted by atomic mass is 10.1. The summed E-state index contributed by atoms with van der Waals surface area (Å²) >= 11 is 0. The Morgan fingerprint density at radius 1 is 1.33 bits per heavy atom. The first-order valence-corrected chi connectivity index (χ1v) is 6.19. The molecule has 0 aliphatic rings. The zero-order chi connectivity index (χ0) is 13.8. The van der Waals surface area contributed by atoms with E-state index in [0.717, 1.165) is 11.3 Å². The van der Waals surface area contributed by atoms with Gasteiger partial charge in [-0.05, 0) is 39.3 Å². The second-order valence-corrected chi connectivity index (χ2v) is 5.51. The molecule has 0 bridgehead atoms. The molecule has 0 radical (unpaired) electrons. The van der Waals surface area contributed by atoms with Gasteiger partial charge in [-0.25, -0.2) is 0 Å². The molecule has 0 saturated heterocycles. The molecule has 1 aromatic carbocycles. The van der Waals surface area contributed by atoms with Crippen LogP contribution in [0.15, 0.2) is 18.2 Å². The van der Waals surface area contributed by atoms with Gasteiger partial charge in [0.15, 0.2) is 0 Å². The van der Waals surface area contributed by atoms with Crippen LogP contribution in [0, 0.1) is 6.92 Å². The molecule has 4 heteroatoms. The van der Waals surface area contributed by atoms with Crippen molar-refractivity contribution < 1.29 is 4.79 Å². The zero-order valence-corrected chi connectivity index (χ0v) is 11.6. The summed E-state index contributed by atoms with van der Waals surface area (Å²) < 4.78 is 0. The average molecular weight is 249 g/mol. The predicted octanol–water partition coefficient (Wildman–Crippen LogP) is 2.29. The van der Waals surface area contributed by atoms with Crippen LogP contribution in [0.3, 0.4) is 0 Å². The van der Waals surface area contributed by atoms with Gasteiger partial charge in [0, 0.05) is 18.5 Å². The van der Waals surface area contributed by atoms with Crippen LogP contribution < -0.4 is 16.4 Å². The molecule has 0 unspecified atom stereocenters. The summed E-state index contributed by atoms with van der Waals surface area (Å²) in [6.45, 7) is 8.48. The van der Waals surface area contributed by atoms with Gasteiger partial charge >= 0.3 is 0 Å². The number of nitrogens with two attached hydrogens (primary N) is 1. The van der Waals surface area contributed by atoms with E-state index in [0.29, 0.717) is 18.7 Å². The smallest absolute Gasteiger partial charge is 0.222 e. The van der Waals surface area contributed by atoms with Crippen molar-refractivity contribution in [2.75, 3.05) is 17.6 Å². The standard InChI is InChI=1S/C14H23N3O/c1-10-6-5-7-11(15)13(10)16-9-8-12(18)17-14(2,3)4/h5-7,16H,8-9,15H2,1-4H3,(H,17,18). The lowest BCUT2D eigenvalue weighted by Crippen LogP contribution is -2.41. The SMILES string of the molecule is Cc1cccc(N)c1NCCC(=O)NC(C)(C)C. The normalized spacial score (nSPS) is 11.1. The fourth-order valence-electron chi connectivity index (χ4n) is 1.71. The number of aryl methyl sites for hydroxylation is 1. The highest BCUT2D eigenvalue weighted by Gasteiger charge is 2.13. The van der Waals surface area contributed by atoms with Crippen LogP contribution in [0.5, 0.6) is 0 Å². The number of nitrogen functional groups attached to an aromatic ring is 1. The first-order valence-electron chi connectivity index (χ1n) is 6.19. The number of para-hydroxylation sites is 1. The fraction of sp³-hybridized carbons (Fsp3) is 0.500. The molecule has 0 spiro atoms. The summed E-state index contributed by atoms with van der Waals surface area (Å²) in [4.78, 5) is 11.6. The molecule has 1 aromatic rings. The van der Waals surface area contributed by atoms with Crippen LogP contribution in [0.25, 0.3) is 0 Å². The minimum absolute atomic E-state index is 0.0437. The first kappa shape index (κ1) is 14.4. The van der Waals surface area contributed by atoms with Crippen molar-refractivity contribution in [3.05, 3.63) is 23.8 Å². The summed E-state index contributed by atoms with van der Waals surface area (Å²) in [5.74, 6) is 0.0437. The van der Waals surface area contributed by atoms with E-state index in [9.17, 15) is 4.79 Å². The molecule has 100 valence electrons. The highest BCUT2D eigenvalue weighted by Crippen LogP contribution is 2.22. The second kappa shape index (κ2) is 5.76. The Morgan fingerprint density at radius 2 is 2.00 bits per heavy atom. The number of hydrogen-bond acceptors (Lipinski definition) is 3. The summed E-state index contributed by atoms with van der Waals surface area (Å²) in [7, 11) is 0. The predicted molar refractivity (Wildman–Crippen MR) is 76.6 cm³/mol. The number of hydrogen-bond donors (Lipinski definition) is 3. The van der Waals surface area contributed by atoms with E-state index >= 15 is 0 Å². The molecule has 0 atom stereocenters. The number of nitrogens with one attached hydrogen (secondary N) is 2. The van der Waals surface area contributed by atoms with Crippen LogP contribution in [-0.2, 0) is 4.79 Å². The third kappa shape index (κ3) is 4.65. The molecule has 0 aromatic heterocycles. The van der Waals surface area contributed by atoms with Crippen LogP contribution >= 0.6 is 0 Å². The molecule has 0 aliphatic heterocycles. The maximum absolute atomic E-state index is 11.6. The van der Waals surface area contributed by atoms with E-state index in [1.807, 2.05) is 45.9 Å². The highest BCUT2D eigenvalue weighted by molar-refractivity contribution is 5.77. The van der Waals surface area contributed by atoms with Gasteiger partial charge < -0.3 is 16.4 Å². The van der Waals surface area contributed by atoms with E-state index < -0.39 is 0 Å². The van der Waals surface area contributed by atoms with Crippen LogP contribution in [0.1, 0.15) is 32.8 Å². The number of carbonyl (C=O) groups is 1. The molecule has 1 amide bonds. The van der Waals surface area contributed by atoms with Crippen molar-refractivity contribution in [3.63, 3.8) is 0 Å². The maximum Gasteiger partial charge on any atom is 0.222 e. The van der Waals surface area contributed by atoms with E-state index in [-0.39, 0.29) is 11.4 Å². The van der Waals surface area contributed by atoms with Crippen molar-refractivity contribution in [2.45, 2.75) is 39.7 Å². The van der Waals surface area contributed by atoms with Gasteiger partial charge in [0.2, 0.25) is 5.91 Å². The van der Waals surface area contributed by atoms with Gasteiger partial charge in [0.1, 0.15) is 0 Å². The monoisotopic (exact) mass is 249 g/mol. The zero-order valence-electron chi connectivity index (χ0n) is 11.6. The van der Waals surface area contributed by atoms with Crippen molar-refractivity contribution in [3.8, 4) is 0 Å². The van der Waals surface area contributed by atoms with Crippen molar-refractivity contribution in [1.82, 2.24) is 5.32 Å². The van der Waals surface area contributed by atoms with Crippen molar-refractivity contribution >= 4 is 17.3 Å². The van der Waals surface area contributed by atoms with Gasteiger partial charge in [-0.3, -0.25) is 4.79 Å². The molecule has 1 rings (SSSR count). The number of rotatable bonds is 4. The quantitative estimate of drug-likeness (QED) is 0.717. The number of benzene rings is 1. The first-order chi connectivity index (χ1) is 8.29. The summed E-state index contributed by atoms with van der Waals surface area (Å²) in [5.41, 5.74) is 8.42. The highest BCUT2D eigenvalue weighted by atomic mass is 16.1. The van der Waals surface area contributed by atoms with Crippen molar-refractivity contribution in [2.24, 2.45) is 0 Å². The summed E-state index contributed by atoms with van der Waals surface area (Å²) in [6.07, 6.45) is 0.436. The van der Waals surface area contributed by atoms with Crippen LogP contribution in [0.4, 0.5) is 11.4 Å². The second-order valence-electron chi connectivity index (χ2n) is 5.51. The van der Waals surface area contributed by atoms with E-state index in [1.165, 1.54) is 0 Å². The van der Waals surface area contributed by atoms with Gasteiger partial charge in [0.25, 0.3) is 0 Å². The maximum atomic E-state index is 11.6. The third-order valence-corrected chi connectivity index (χ3v) is 2.47. The lowest BCUT2D eigenvalue weighted by molar-refractivity contribution is -0.122. The van der Waals surface area contributed by atoms with Gasteiger partial charge in [-0.1, -0.05) is 12.1 Å². The summed E-state index contributed by atoms with van der Waals surface area (Å²) in [5, 5.41) is 6.14. The van der Waals surface area contributed by atoms with Gasteiger partial charge in [-0.15, -0.1) is 0 Å². The molecule has 4 nitrogen and oxygen atoms in total. The van der Waals surface area contributed by atoms with E-state index in [4.69, 9.17) is 5.73 Å². The number of anilines is 2. The lowest BCUT2D eigenvalue weighted by Gasteiger charge is -2.20. The summed E-state index contributed by atoms with van der Waals surface area (Å²) in [6, 6.07) is 5.76. The minimum Gasteiger partial charge on any atom is -0.397 e. The minimum atomic E-state index is -0.182. The Bertz CT molecular complexity index is 401. The molecule has 0 saturated carbocycles. The molecular formula is C14H23N3O. The number of amides is 1. The Balaban J connectivity index is 2.45. The fourth-order valence-corrected chi connectivity index (χ4v) is 1.71. The molecule has 18 heavy (non-hydrogen) atoms. The van der Waals surface area contributed by atoms with Gasteiger partial charge in [0.05, 0.1) is 11.4 Å². The topological polar surface area (TPSA) is 67.1 Å². The third-order valence-electron chi connectivity index (χ3n) is 2.47. The Labute approximate surface area is 109 Å². The van der Waals surface area contributed by atoms with Gasteiger partial charge in [-0.2, -0.15) is 0 Å².